The number of hydrogen-bond donors (Lipinski definition) is 8. The van der Waals surface area contributed by atoms with Gasteiger partial charge in [-0.25, -0.2) is 9.78 Å². The third-order valence-electron chi connectivity index (χ3n) is 5.70. The lowest BCUT2D eigenvalue weighted by molar-refractivity contribution is -0.142. The molecule has 0 spiro atoms. The van der Waals surface area contributed by atoms with E-state index in [1.807, 2.05) is 13.8 Å². The number of aromatic amines is 1. The smallest absolute Gasteiger partial charge is 0.326 e. The minimum atomic E-state index is -1.53. The fourth-order valence-electron chi connectivity index (χ4n) is 3.74. The van der Waals surface area contributed by atoms with Crippen molar-refractivity contribution in [1.29, 1.82) is 0 Å². The van der Waals surface area contributed by atoms with Crippen molar-refractivity contribution in [2.75, 3.05) is 0 Å². The van der Waals surface area contributed by atoms with Gasteiger partial charge in [0.15, 0.2) is 0 Å². The van der Waals surface area contributed by atoms with Gasteiger partial charge in [0.25, 0.3) is 0 Å². The largest absolute Gasteiger partial charge is 0.508 e. The van der Waals surface area contributed by atoms with E-state index in [1.165, 1.54) is 24.7 Å². The van der Waals surface area contributed by atoms with Gasteiger partial charge in [-0.2, -0.15) is 0 Å². The first-order valence-electron chi connectivity index (χ1n) is 12.3. The van der Waals surface area contributed by atoms with Crippen molar-refractivity contribution in [3.8, 4) is 5.75 Å². The Hall–Kier alpha value is -4.46. The Morgan fingerprint density at radius 2 is 1.51 bits per heavy atom. The molecular formula is C25H35N7O7. The Kier molecular flexibility index (Phi) is 11.4. The van der Waals surface area contributed by atoms with Gasteiger partial charge in [-0.15, -0.1) is 0 Å². The zero-order valence-electron chi connectivity index (χ0n) is 21.7. The zero-order valence-corrected chi connectivity index (χ0v) is 21.7. The number of aromatic nitrogens is 2. The molecule has 0 saturated heterocycles. The van der Waals surface area contributed by atoms with Crippen LogP contribution in [0.25, 0.3) is 0 Å². The Morgan fingerprint density at radius 3 is 2.05 bits per heavy atom. The predicted molar refractivity (Wildman–Crippen MR) is 139 cm³/mol. The third kappa shape index (κ3) is 10.4. The molecule has 0 fully saturated rings. The van der Waals surface area contributed by atoms with E-state index in [2.05, 4.69) is 25.9 Å². The summed E-state index contributed by atoms with van der Waals surface area (Å²) in [5.41, 5.74) is 12.3. The highest BCUT2D eigenvalue weighted by atomic mass is 16.4. The summed E-state index contributed by atoms with van der Waals surface area (Å²) in [6, 6.07) is 0.880. The van der Waals surface area contributed by atoms with E-state index >= 15 is 0 Å². The molecule has 2 aromatic rings. The van der Waals surface area contributed by atoms with Gasteiger partial charge in [0.1, 0.15) is 23.9 Å². The zero-order chi connectivity index (χ0) is 29.1. The molecule has 0 radical (unpaired) electrons. The fraction of sp³-hybridized carbons (Fsp3) is 0.440. The monoisotopic (exact) mass is 545 g/mol. The van der Waals surface area contributed by atoms with Crippen molar-refractivity contribution < 1.29 is 34.2 Å². The lowest BCUT2D eigenvalue weighted by Crippen LogP contribution is -2.58. The number of aliphatic carboxylic acids is 1. The van der Waals surface area contributed by atoms with Crippen molar-refractivity contribution in [2.45, 2.75) is 63.7 Å². The molecule has 14 nitrogen and oxygen atoms in total. The number of nitrogens with one attached hydrogen (secondary N) is 4. The highest BCUT2D eigenvalue weighted by molar-refractivity contribution is 5.96. The Morgan fingerprint density at radius 1 is 0.923 bits per heavy atom. The van der Waals surface area contributed by atoms with Crippen LogP contribution in [0.3, 0.4) is 0 Å². The molecule has 2 rings (SSSR count). The lowest BCUT2D eigenvalue weighted by atomic mass is 10.0. The van der Waals surface area contributed by atoms with Crippen LogP contribution in [-0.2, 0) is 36.8 Å². The van der Waals surface area contributed by atoms with Gasteiger partial charge in [0.2, 0.25) is 23.6 Å². The van der Waals surface area contributed by atoms with Gasteiger partial charge in [0, 0.05) is 24.7 Å². The van der Waals surface area contributed by atoms with Crippen molar-refractivity contribution in [2.24, 2.45) is 17.4 Å². The average Bonchev–Trinajstić information content (AvgIpc) is 3.36. The SMILES string of the molecule is CC(C)CC(N)C(=O)NC(Cc1ccc(O)cc1)C(=O)NC(CC(N)=O)C(=O)NC(Cc1cnc[nH]1)C(=O)O. The molecule has 4 unspecified atom stereocenters. The number of nitrogens with zero attached hydrogens (tertiary/aromatic N) is 1. The quantitative estimate of drug-likeness (QED) is 0.132. The van der Waals surface area contributed by atoms with E-state index in [1.54, 1.807) is 12.1 Å². The number of nitrogens with two attached hydrogens (primary N) is 2. The van der Waals surface area contributed by atoms with Gasteiger partial charge >= 0.3 is 5.97 Å². The molecule has 4 atom stereocenters. The number of phenolic OH excluding ortho intramolecular Hbond substituents is 1. The van der Waals surface area contributed by atoms with E-state index in [4.69, 9.17) is 11.5 Å². The molecule has 0 aliphatic heterocycles. The van der Waals surface area contributed by atoms with Crippen LogP contribution in [0.2, 0.25) is 0 Å². The molecule has 14 heteroatoms. The van der Waals surface area contributed by atoms with Crippen LogP contribution in [0.15, 0.2) is 36.8 Å². The summed E-state index contributed by atoms with van der Waals surface area (Å²) < 4.78 is 0. The maximum absolute atomic E-state index is 13.3. The van der Waals surface area contributed by atoms with Crippen LogP contribution in [0.1, 0.15) is 37.9 Å². The fourth-order valence-corrected chi connectivity index (χ4v) is 3.74. The summed E-state index contributed by atoms with van der Waals surface area (Å²) in [7, 11) is 0. The molecule has 1 heterocycles. The van der Waals surface area contributed by atoms with Crippen LogP contribution in [0.4, 0.5) is 0 Å². The lowest BCUT2D eigenvalue weighted by Gasteiger charge is -2.25. The summed E-state index contributed by atoms with van der Waals surface area (Å²) in [6.45, 7) is 3.77. The number of benzene rings is 1. The molecule has 0 aliphatic carbocycles. The number of carbonyl (C=O) groups excluding carboxylic acids is 4. The highest BCUT2D eigenvalue weighted by Crippen LogP contribution is 2.12. The summed E-state index contributed by atoms with van der Waals surface area (Å²) in [4.78, 5) is 68.9. The molecule has 212 valence electrons. The second-order valence-corrected chi connectivity index (χ2v) is 9.58. The first-order valence-corrected chi connectivity index (χ1v) is 12.3. The van der Waals surface area contributed by atoms with Crippen molar-refractivity contribution in [3.05, 3.63) is 48.0 Å². The minimum Gasteiger partial charge on any atom is -0.508 e. The molecule has 0 bridgehead atoms. The van der Waals surface area contributed by atoms with Gasteiger partial charge in [-0.05, 0) is 30.0 Å². The maximum atomic E-state index is 13.3. The number of amides is 4. The number of rotatable bonds is 15. The van der Waals surface area contributed by atoms with E-state index in [0.29, 0.717) is 17.7 Å². The van der Waals surface area contributed by atoms with Crippen LogP contribution >= 0.6 is 0 Å². The van der Waals surface area contributed by atoms with Crippen LogP contribution in [-0.4, -0.2) is 73.9 Å². The number of hydrogen-bond acceptors (Lipinski definition) is 8. The summed E-state index contributed by atoms with van der Waals surface area (Å²) >= 11 is 0. The van der Waals surface area contributed by atoms with E-state index in [0.717, 1.165) is 0 Å². The average molecular weight is 546 g/mol. The Labute approximate surface area is 224 Å². The number of imidazole rings is 1. The van der Waals surface area contributed by atoms with Crippen LogP contribution in [0.5, 0.6) is 5.75 Å². The molecule has 0 aliphatic rings. The predicted octanol–water partition coefficient (Wildman–Crippen LogP) is -1.31. The molecule has 10 N–H and O–H groups in total. The Balaban J connectivity index is 2.23. The minimum absolute atomic E-state index is 0.00375. The van der Waals surface area contributed by atoms with Crippen LogP contribution in [0, 0.1) is 5.92 Å². The second-order valence-electron chi connectivity index (χ2n) is 9.58. The first kappa shape index (κ1) is 30.8. The normalized spacial score (nSPS) is 14.1. The van der Waals surface area contributed by atoms with Gasteiger partial charge < -0.3 is 42.6 Å². The van der Waals surface area contributed by atoms with Crippen LogP contribution < -0.4 is 27.4 Å². The molecule has 1 aromatic carbocycles. The highest BCUT2D eigenvalue weighted by Gasteiger charge is 2.31. The molecular weight excluding hydrogens is 510 g/mol. The van der Waals surface area contributed by atoms with E-state index in [-0.39, 0.29) is 24.5 Å². The van der Waals surface area contributed by atoms with Gasteiger partial charge in [-0.3, -0.25) is 19.2 Å². The summed E-state index contributed by atoms with van der Waals surface area (Å²) in [6.07, 6.45) is 2.31. The van der Waals surface area contributed by atoms with E-state index in [9.17, 15) is 34.2 Å². The number of phenols is 1. The standard InChI is InChI=1S/C25H35N7O7/c1-13(2)7-17(26)22(35)30-18(8-14-3-5-16(33)6-4-14)23(36)31-19(10-21(27)34)24(37)32-20(25(38)39)9-15-11-28-12-29-15/h3-6,11-13,17-20,33H,7-10,26H2,1-2H3,(H2,27,34)(H,28,29)(H,30,35)(H,31,36)(H,32,37)(H,38,39). The Bertz CT molecular complexity index is 1140. The second kappa shape index (κ2) is 14.5. The van der Waals surface area contributed by atoms with Crippen molar-refractivity contribution >= 4 is 29.6 Å². The first-order chi connectivity index (χ1) is 18.3. The number of carboxylic acid groups (broad SMARTS) is 1. The number of aromatic hydroxyl groups is 1. The van der Waals surface area contributed by atoms with Crippen molar-refractivity contribution in [3.63, 3.8) is 0 Å². The van der Waals surface area contributed by atoms with Gasteiger partial charge in [-0.1, -0.05) is 26.0 Å². The number of carboxylic acids is 1. The topological polar surface area (TPSA) is 243 Å². The number of carbonyl (C=O) groups is 5. The van der Waals surface area contributed by atoms with E-state index < -0.39 is 60.2 Å². The van der Waals surface area contributed by atoms with Gasteiger partial charge in [0.05, 0.1) is 18.8 Å². The third-order valence-corrected chi connectivity index (χ3v) is 5.70. The summed E-state index contributed by atoms with van der Waals surface area (Å²) in [5.74, 6) is -4.53. The molecule has 1 aromatic heterocycles. The number of H-pyrrole nitrogens is 1. The molecule has 4 amide bonds. The summed E-state index contributed by atoms with van der Waals surface area (Å²) in [5, 5.41) is 26.4. The molecule has 39 heavy (non-hydrogen) atoms. The maximum Gasteiger partial charge on any atom is 0.326 e. The number of primary amides is 1. The molecule has 0 saturated carbocycles. The van der Waals surface area contributed by atoms with Crippen molar-refractivity contribution in [1.82, 2.24) is 25.9 Å².